The molecule has 1 aliphatic heterocycles. The number of piperidine rings is 1. The smallest absolute Gasteiger partial charge is 0.336 e. The molecule has 1 N–H and O–H groups in total. The first-order chi connectivity index (χ1) is 12.0. The van der Waals surface area contributed by atoms with Gasteiger partial charge in [-0.3, -0.25) is 4.79 Å². The zero-order chi connectivity index (χ0) is 18.0. The number of quaternary nitrogens is 1. The van der Waals surface area contributed by atoms with Gasteiger partial charge in [0.1, 0.15) is 12.1 Å². The van der Waals surface area contributed by atoms with E-state index < -0.39 is 0 Å². The van der Waals surface area contributed by atoms with Crippen LogP contribution in [0.1, 0.15) is 36.5 Å². The van der Waals surface area contributed by atoms with E-state index in [-0.39, 0.29) is 17.5 Å². The molecule has 3 rings (SSSR count). The van der Waals surface area contributed by atoms with Crippen LogP contribution in [0, 0.1) is 19.8 Å². The topological polar surface area (TPSA) is 61.0 Å². The van der Waals surface area contributed by atoms with Crippen LogP contribution >= 0.6 is 0 Å². The Kier molecular flexibility index (Phi) is 5.23. The number of benzene rings is 1. The van der Waals surface area contributed by atoms with Crippen molar-refractivity contribution in [3.8, 4) is 0 Å². The lowest BCUT2D eigenvalue weighted by molar-refractivity contribution is -0.919. The van der Waals surface area contributed by atoms with Crippen molar-refractivity contribution in [1.29, 1.82) is 0 Å². The second-order valence-electron chi connectivity index (χ2n) is 6.98. The number of ether oxygens (including phenoxy) is 1. The second kappa shape index (κ2) is 7.40. The summed E-state index contributed by atoms with van der Waals surface area (Å²) in [6.45, 7) is 8.98. The van der Waals surface area contributed by atoms with Gasteiger partial charge in [0.25, 0.3) is 0 Å². The van der Waals surface area contributed by atoms with Gasteiger partial charge in [0, 0.05) is 29.9 Å². The van der Waals surface area contributed by atoms with Gasteiger partial charge < -0.3 is 14.1 Å². The molecule has 0 aliphatic carbocycles. The summed E-state index contributed by atoms with van der Waals surface area (Å²) in [5.41, 5.74) is 3.70. The van der Waals surface area contributed by atoms with E-state index in [9.17, 15) is 9.59 Å². The number of esters is 1. The van der Waals surface area contributed by atoms with Gasteiger partial charge in [-0.25, -0.2) is 4.79 Å². The van der Waals surface area contributed by atoms with E-state index >= 15 is 0 Å². The summed E-state index contributed by atoms with van der Waals surface area (Å²) in [7, 11) is 0. The highest BCUT2D eigenvalue weighted by Gasteiger charge is 2.28. The van der Waals surface area contributed by atoms with Gasteiger partial charge in [-0.05, 0) is 44.0 Å². The van der Waals surface area contributed by atoms with Crippen LogP contribution in [0.5, 0.6) is 0 Å². The lowest BCUT2D eigenvalue weighted by atomic mass is 9.96. The molecule has 5 heteroatoms. The van der Waals surface area contributed by atoms with Crippen LogP contribution in [0.25, 0.3) is 11.0 Å². The van der Waals surface area contributed by atoms with Crippen molar-refractivity contribution in [2.75, 3.05) is 19.7 Å². The molecule has 0 amide bonds. The number of hydrogen-bond acceptors (Lipinski definition) is 4. The van der Waals surface area contributed by atoms with E-state index in [4.69, 9.17) is 9.15 Å². The Balaban J connectivity index is 1.77. The second-order valence-corrected chi connectivity index (χ2v) is 6.98. The first-order valence-electron chi connectivity index (χ1n) is 9.02. The number of carbonyl (C=O) groups excluding carboxylic acids is 1. The van der Waals surface area contributed by atoms with Crippen LogP contribution in [0.3, 0.4) is 0 Å². The van der Waals surface area contributed by atoms with Gasteiger partial charge in [-0.1, -0.05) is 0 Å². The summed E-state index contributed by atoms with van der Waals surface area (Å²) >= 11 is 0. The minimum absolute atomic E-state index is 0.0196. The molecule has 0 spiro atoms. The van der Waals surface area contributed by atoms with E-state index in [1.807, 2.05) is 19.9 Å². The Morgan fingerprint density at radius 3 is 2.56 bits per heavy atom. The Labute approximate surface area is 147 Å². The van der Waals surface area contributed by atoms with E-state index in [2.05, 4.69) is 13.0 Å². The number of likely N-dealkylation sites (tertiary alicyclic amines) is 1. The maximum absolute atomic E-state index is 11.9. The lowest BCUT2D eigenvalue weighted by Crippen LogP contribution is -3.11. The van der Waals surface area contributed by atoms with Crippen molar-refractivity contribution < 1.29 is 18.8 Å². The van der Waals surface area contributed by atoms with E-state index in [0.717, 1.165) is 49.0 Å². The molecule has 1 saturated heterocycles. The first kappa shape index (κ1) is 17.7. The van der Waals surface area contributed by atoms with Crippen LogP contribution in [0.2, 0.25) is 0 Å². The average Bonchev–Trinajstić information content (AvgIpc) is 2.57. The fourth-order valence-electron chi connectivity index (χ4n) is 3.60. The third-order valence-electron chi connectivity index (χ3n) is 5.20. The maximum Gasteiger partial charge on any atom is 0.336 e. The van der Waals surface area contributed by atoms with Gasteiger partial charge in [0.2, 0.25) is 0 Å². The number of rotatable bonds is 4. The van der Waals surface area contributed by atoms with Gasteiger partial charge in [-0.2, -0.15) is 0 Å². The van der Waals surface area contributed by atoms with E-state index in [1.54, 1.807) is 6.07 Å². The maximum atomic E-state index is 11.9. The Morgan fingerprint density at radius 2 is 1.88 bits per heavy atom. The Bertz CT molecular complexity index is 831. The van der Waals surface area contributed by atoms with Crippen LogP contribution in [-0.2, 0) is 16.1 Å². The number of carbonyl (C=O) groups is 1. The lowest BCUT2D eigenvalue weighted by Gasteiger charge is -2.28. The predicted molar refractivity (Wildman–Crippen MR) is 95.7 cm³/mol. The third kappa shape index (κ3) is 3.93. The molecule has 5 nitrogen and oxygen atoms in total. The molecule has 1 aliphatic rings. The number of aryl methyl sites for hydroxylation is 2. The summed E-state index contributed by atoms with van der Waals surface area (Å²) < 4.78 is 10.5. The molecule has 134 valence electrons. The third-order valence-corrected chi connectivity index (χ3v) is 5.20. The van der Waals surface area contributed by atoms with E-state index in [1.165, 1.54) is 10.5 Å². The van der Waals surface area contributed by atoms with Crippen molar-refractivity contribution in [3.63, 3.8) is 0 Å². The zero-order valence-corrected chi connectivity index (χ0v) is 15.2. The Hall–Kier alpha value is -2.14. The van der Waals surface area contributed by atoms with Gasteiger partial charge in [0.05, 0.1) is 25.6 Å². The number of hydrogen-bond donors (Lipinski definition) is 1. The van der Waals surface area contributed by atoms with Crippen LogP contribution < -0.4 is 10.5 Å². The summed E-state index contributed by atoms with van der Waals surface area (Å²) in [6.07, 6.45) is 1.68. The molecule has 0 atom stereocenters. The van der Waals surface area contributed by atoms with Gasteiger partial charge in [-0.15, -0.1) is 0 Å². The summed E-state index contributed by atoms with van der Waals surface area (Å²) in [6, 6.07) is 5.66. The highest BCUT2D eigenvalue weighted by atomic mass is 16.5. The fourth-order valence-corrected chi connectivity index (χ4v) is 3.60. The number of fused-ring (bicyclic) bond motifs is 1. The molecule has 25 heavy (non-hydrogen) atoms. The largest absolute Gasteiger partial charge is 0.466 e. The minimum atomic E-state index is -0.299. The molecule has 1 fully saturated rings. The SMILES string of the molecule is CCOC(=O)C1CC[NH+](Cc2cc(=O)oc3cc(C)c(C)cc23)CC1. The number of nitrogens with one attached hydrogen (secondary N) is 1. The van der Waals surface area contributed by atoms with Crippen molar-refractivity contribution in [1.82, 2.24) is 0 Å². The monoisotopic (exact) mass is 344 g/mol. The molecule has 0 saturated carbocycles. The standard InChI is InChI=1S/C20H25NO4/c1-4-24-20(23)15-5-7-21(8-6-15)12-16-11-19(22)25-18-10-14(3)13(2)9-17(16)18/h9-11,15H,4-8,12H2,1-3H3/p+1. The summed E-state index contributed by atoms with van der Waals surface area (Å²) in [4.78, 5) is 25.2. The average molecular weight is 344 g/mol. The van der Waals surface area contributed by atoms with Crippen molar-refractivity contribution >= 4 is 16.9 Å². The van der Waals surface area contributed by atoms with Crippen molar-refractivity contribution in [3.05, 3.63) is 45.3 Å². The molecule has 2 aromatic rings. The quantitative estimate of drug-likeness (QED) is 0.678. The van der Waals surface area contributed by atoms with Crippen LogP contribution in [-0.4, -0.2) is 25.7 Å². The first-order valence-corrected chi connectivity index (χ1v) is 9.02. The molecule has 1 aromatic heterocycles. The Morgan fingerprint density at radius 1 is 1.20 bits per heavy atom. The summed E-state index contributed by atoms with van der Waals surface area (Å²) in [5.74, 6) is -0.0513. The van der Waals surface area contributed by atoms with Gasteiger partial charge in [0.15, 0.2) is 0 Å². The molecule has 0 bridgehead atoms. The minimum Gasteiger partial charge on any atom is -0.466 e. The van der Waals surface area contributed by atoms with Gasteiger partial charge >= 0.3 is 11.6 Å². The molecular weight excluding hydrogens is 318 g/mol. The summed E-state index contributed by atoms with van der Waals surface area (Å²) in [5, 5.41) is 1.02. The van der Waals surface area contributed by atoms with Crippen LogP contribution in [0.15, 0.2) is 27.4 Å². The van der Waals surface area contributed by atoms with Crippen molar-refractivity contribution in [2.45, 2.75) is 40.2 Å². The molecule has 0 unspecified atom stereocenters. The highest BCUT2D eigenvalue weighted by Crippen LogP contribution is 2.21. The fraction of sp³-hybridized carbons (Fsp3) is 0.500. The van der Waals surface area contributed by atoms with Crippen molar-refractivity contribution in [2.24, 2.45) is 5.92 Å². The molecule has 2 heterocycles. The molecule has 1 aromatic carbocycles. The normalized spacial score (nSPS) is 20.6. The molecular formula is C20H26NO4+. The predicted octanol–water partition coefficient (Wildman–Crippen LogP) is 1.77. The molecule has 0 radical (unpaired) electrons. The zero-order valence-electron chi connectivity index (χ0n) is 15.2. The highest BCUT2D eigenvalue weighted by molar-refractivity contribution is 5.81. The van der Waals surface area contributed by atoms with E-state index in [0.29, 0.717) is 12.2 Å². The van der Waals surface area contributed by atoms with Crippen LogP contribution in [0.4, 0.5) is 0 Å².